The number of aromatic hydroxyl groups is 1. The molecule has 4 rings (SSSR count). The molecule has 0 fully saturated rings. The van der Waals surface area contributed by atoms with Gasteiger partial charge < -0.3 is 16.6 Å². The third-order valence-electron chi connectivity index (χ3n) is 4.50. The molecule has 0 unspecified atom stereocenters. The second kappa shape index (κ2) is 5.45. The zero-order valence-electron chi connectivity index (χ0n) is 14.3. The van der Waals surface area contributed by atoms with Gasteiger partial charge in [0.05, 0.1) is 16.7 Å². The van der Waals surface area contributed by atoms with Gasteiger partial charge in [0.15, 0.2) is 5.65 Å². The van der Waals surface area contributed by atoms with Gasteiger partial charge in [0.1, 0.15) is 22.6 Å². The van der Waals surface area contributed by atoms with E-state index in [0.717, 1.165) is 11.1 Å². The lowest BCUT2D eigenvalue weighted by Gasteiger charge is -2.11. The number of aryl methyl sites for hydroxylation is 2. The molecule has 0 spiro atoms. The van der Waals surface area contributed by atoms with E-state index >= 15 is 0 Å². The molecule has 0 saturated heterocycles. The first-order valence-corrected chi connectivity index (χ1v) is 8.05. The van der Waals surface area contributed by atoms with Gasteiger partial charge >= 0.3 is 0 Å². The van der Waals surface area contributed by atoms with Crippen molar-refractivity contribution in [1.29, 1.82) is 0 Å². The molecule has 4 aromatic rings. The van der Waals surface area contributed by atoms with E-state index < -0.39 is 5.91 Å². The highest BCUT2D eigenvalue weighted by Gasteiger charge is 2.24. The Balaban J connectivity index is 2.22. The molecule has 26 heavy (non-hydrogen) atoms. The summed E-state index contributed by atoms with van der Waals surface area (Å²) in [4.78, 5) is 21.4. The number of para-hydroxylation sites is 1. The zero-order chi connectivity index (χ0) is 18.6. The highest BCUT2D eigenvalue weighted by atomic mass is 16.3. The fourth-order valence-corrected chi connectivity index (χ4v) is 3.20. The lowest BCUT2D eigenvalue weighted by atomic mass is 10.2. The molecule has 0 aliphatic heterocycles. The van der Waals surface area contributed by atoms with Gasteiger partial charge in [0, 0.05) is 6.07 Å². The maximum atomic E-state index is 12.0. The summed E-state index contributed by atoms with van der Waals surface area (Å²) in [5.74, 6) is -0.447. The van der Waals surface area contributed by atoms with Gasteiger partial charge in [-0.3, -0.25) is 9.36 Å². The average molecular weight is 347 g/mol. The molecule has 0 atom stereocenters. The molecule has 1 amide bonds. The Hall–Kier alpha value is -3.61. The molecular formula is C19H17N5O2. The smallest absolute Gasteiger partial charge is 0.254 e. The molecule has 0 saturated carbocycles. The van der Waals surface area contributed by atoms with Crippen LogP contribution < -0.4 is 11.5 Å². The van der Waals surface area contributed by atoms with Crippen LogP contribution in [0, 0.1) is 13.8 Å². The number of phenolic OH excluding ortho intramolecular Hbond substituents is 1. The number of fused-ring (bicyclic) bond motifs is 2. The van der Waals surface area contributed by atoms with Crippen molar-refractivity contribution in [2.45, 2.75) is 13.8 Å². The van der Waals surface area contributed by atoms with Crippen LogP contribution in [0.4, 0.5) is 5.82 Å². The zero-order valence-corrected chi connectivity index (χ0v) is 14.3. The number of nitrogens with zero attached hydrogens (tertiary/aromatic N) is 3. The van der Waals surface area contributed by atoms with E-state index in [2.05, 4.69) is 4.98 Å². The number of primary amides is 1. The quantitative estimate of drug-likeness (QED) is 0.515. The first-order chi connectivity index (χ1) is 12.4. The molecule has 0 aliphatic rings. The topological polar surface area (TPSA) is 120 Å². The summed E-state index contributed by atoms with van der Waals surface area (Å²) in [5.41, 5.74) is 16.5. The molecule has 7 heteroatoms. The summed E-state index contributed by atoms with van der Waals surface area (Å²) in [6, 6.07) is 10.6. The fourth-order valence-electron chi connectivity index (χ4n) is 3.20. The van der Waals surface area contributed by atoms with Crippen LogP contribution in [0.2, 0.25) is 0 Å². The molecule has 2 aromatic heterocycles. The van der Waals surface area contributed by atoms with Crippen molar-refractivity contribution < 1.29 is 9.90 Å². The number of anilines is 1. The fraction of sp³-hybridized carbons (Fsp3) is 0.105. The van der Waals surface area contributed by atoms with Crippen LogP contribution in [0.15, 0.2) is 36.4 Å². The maximum absolute atomic E-state index is 12.0. The number of hydrogen-bond acceptors (Lipinski definition) is 5. The Bertz CT molecular complexity index is 1210. The van der Waals surface area contributed by atoms with E-state index in [1.54, 1.807) is 22.8 Å². The largest absolute Gasteiger partial charge is 0.508 e. The first kappa shape index (κ1) is 15.9. The minimum atomic E-state index is -0.676. The Morgan fingerprint density at radius 3 is 2.58 bits per heavy atom. The molecular weight excluding hydrogens is 330 g/mol. The Kier molecular flexibility index (Phi) is 3.33. The van der Waals surface area contributed by atoms with Crippen LogP contribution >= 0.6 is 0 Å². The number of carbonyl (C=O) groups is 1. The van der Waals surface area contributed by atoms with Crippen molar-refractivity contribution in [3.63, 3.8) is 0 Å². The number of rotatable bonds is 2. The normalized spacial score (nSPS) is 11.3. The van der Waals surface area contributed by atoms with E-state index in [0.29, 0.717) is 27.9 Å². The lowest BCUT2D eigenvalue weighted by molar-refractivity contribution is 0.100. The third kappa shape index (κ3) is 2.17. The third-order valence-corrected chi connectivity index (χ3v) is 4.50. The molecule has 0 bridgehead atoms. The minimum Gasteiger partial charge on any atom is -0.508 e. The molecule has 0 radical (unpaired) electrons. The van der Waals surface area contributed by atoms with Crippen molar-refractivity contribution in [3.8, 4) is 11.4 Å². The second-order valence-electron chi connectivity index (χ2n) is 6.27. The van der Waals surface area contributed by atoms with Gasteiger partial charge in [-0.2, -0.15) is 0 Å². The molecule has 7 nitrogen and oxygen atoms in total. The summed E-state index contributed by atoms with van der Waals surface area (Å²) in [5, 5.41) is 9.91. The number of carbonyl (C=O) groups excluding carboxylic acids is 1. The van der Waals surface area contributed by atoms with Gasteiger partial charge in [0.2, 0.25) is 0 Å². The molecule has 130 valence electrons. The summed E-state index contributed by atoms with van der Waals surface area (Å²) >= 11 is 0. The van der Waals surface area contributed by atoms with Crippen molar-refractivity contribution in [2.24, 2.45) is 5.73 Å². The van der Waals surface area contributed by atoms with Gasteiger partial charge in [-0.1, -0.05) is 18.2 Å². The number of nitrogen functional groups attached to an aromatic ring is 1. The number of phenols is 1. The van der Waals surface area contributed by atoms with Crippen molar-refractivity contribution in [2.75, 3.05) is 5.73 Å². The lowest BCUT2D eigenvalue weighted by Crippen LogP contribution is -2.14. The van der Waals surface area contributed by atoms with Crippen molar-refractivity contribution in [3.05, 3.63) is 53.1 Å². The number of benzene rings is 2. The van der Waals surface area contributed by atoms with Crippen LogP contribution in [-0.2, 0) is 0 Å². The van der Waals surface area contributed by atoms with Crippen LogP contribution in [-0.4, -0.2) is 25.5 Å². The first-order valence-electron chi connectivity index (χ1n) is 8.05. The van der Waals surface area contributed by atoms with Crippen molar-refractivity contribution in [1.82, 2.24) is 14.5 Å². The highest BCUT2D eigenvalue weighted by Crippen LogP contribution is 2.33. The van der Waals surface area contributed by atoms with E-state index in [1.807, 2.05) is 32.0 Å². The Morgan fingerprint density at radius 1 is 1.08 bits per heavy atom. The summed E-state index contributed by atoms with van der Waals surface area (Å²) in [6.45, 7) is 3.82. The number of hydrogen-bond donors (Lipinski definition) is 3. The Labute approximate surface area is 148 Å². The predicted octanol–water partition coefficient (Wildman–Crippen LogP) is 2.58. The van der Waals surface area contributed by atoms with E-state index in [-0.39, 0.29) is 17.1 Å². The van der Waals surface area contributed by atoms with Crippen LogP contribution in [0.5, 0.6) is 5.75 Å². The van der Waals surface area contributed by atoms with Gasteiger partial charge in [-0.25, -0.2) is 9.97 Å². The standard InChI is InChI=1S/C19H17N5O2/c1-9-6-7-11(25)8-13(9)24-17(20)14(18(21)26)16-19(24)23-15-10(2)4-3-5-12(15)22-16/h3-8,25H,20H2,1-2H3,(H2,21,26). The summed E-state index contributed by atoms with van der Waals surface area (Å²) in [7, 11) is 0. The van der Waals surface area contributed by atoms with Gasteiger partial charge in [-0.15, -0.1) is 0 Å². The van der Waals surface area contributed by atoms with Crippen LogP contribution in [0.1, 0.15) is 21.5 Å². The average Bonchev–Trinajstić information content (AvgIpc) is 2.87. The minimum absolute atomic E-state index is 0.0809. The molecule has 2 heterocycles. The van der Waals surface area contributed by atoms with Gasteiger partial charge in [0.25, 0.3) is 5.91 Å². The Morgan fingerprint density at radius 2 is 1.85 bits per heavy atom. The van der Waals surface area contributed by atoms with E-state index in [1.165, 1.54) is 0 Å². The summed E-state index contributed by atoms with van der Waals surface area (Å²) < 4.78 is 1.61. The SMILES string of the molecule is Cc1ccc(O)cc1-n1c(N)c(C(N)=O)c2nc3cccc(C)c3nc21. The van der Waals surface area contributed by atoms with Crippen LogP contribution in [0.3, 0.4) is 0 Å². The van der Waals surface area contributed by atoms with E-state index in [9.17, 15) is 9.90 Å². The van der Waals surface area contributed by atoms with E-state index in [4.69, 9.17) is 16.5 Å². The highest BCUT2D eigenvalue weighted by molar-refractivity contribution is 6.10. The van der Waals surface area contributed by atoms with Crippen LogP contribution in [0.25, 0.3) is 27.9 Å². The summed E-state index contributed by atoms with van der Waals surface area (Å²) in [6.07, 6.45) is 0. The van der Waals surface area contributed by atoms with Crippen molar-refractivity contribution >= 4 is 33.9 Å². The maximum Gasteiger partial charge on any atom is 0.254 e. The second-order valence-corrected chi connectivity index (χ2v) is 6.27. The van der Waals surface area contributed by atoms with Gasteiger partial charge in [-0.05, 0) is 37.1 Å². The number of aromatic nitrogens is 3. The molecule has 0 aliphatic carbocycles. The predicted molar refractivity (Wildman–Crippen MR) is 100 cm³/mol. The molecule has 2 aromatic carbocycles. The number of amides is 1. The molecule has 5 N–H and O–H groups in total. The monoisotopic (exact) mass is 347 g/mol. The number of nitrogens with two attached hydrogens (primary N) is 2.